The van der Waals surface area contributed by atoms with Gasteiger partial charge in [-0.15, -0.1) is 12.3 Å². The summed E-state index contributed by atoms with van der Waals surface area (Å²) in [6.45, 7) is 12.3. The van der Waals surface area contributed by atoms with Gasteiger partial charge in [-0.05, 0) is 11.8 Å². The fourth-order valence-corrected chi connectivity index (χ4v) is 1.75. The first-order valence-corrected chi connectivity index (χ1v) is 5.56. The van der Waals surface area contributed by atoms with E-state index in [1.54, 1.807) is 0 Å². The highest BCUT2D eigenvalue weighted by Crippen LogP contribution is 2.31. The van der Waals surface area contributed by atoms with Crippen molar-refractivity contribution in [3.63, 3.8) is 0 Å². The van der Waals surface area contributed by atoms with Crippen molar-refractivity contribution in [3.05, 3.63) is 0 Å². The summed E-state index contributed by atoms with van der Waals surface area (Å²) < 4.78 is 0. The zero-order valence-corrected chi connectivity index (χ0v) is 11.0. The Hall–Kier alpha value is -0.770. The molecule has 0 amide bonds. The van der Waals surface area contributed by atoms with Gasteiger partial charge in [0.2, 0.25) is 0 Å². The summed E-state index contributed by atoms with van der Waals surface area (Å²) in [6.07, 6.45) is 6.76. The Bertz CT molecular complexity index is 255. The smallest absolute Gasteiger partial charge is 0.142 e. The molecule has 0 aliphatic rings. The predicted molar refractivity (Wildman–Crippen MR) is 65.5 cm³/mol. The van der Waals surface area contributed by atoms with Crippen molar-refractivity contribution >= 4 is 5.78 Å². The number of carbonyl (C=O) groups is 1. The second-order valence-electron chi connectivity index (χ2n) is 6.48. The van der Waals surface area contributed by atoms with E-state index in [0.717, 1.165) is 6.42 Å². The molecule has 1 heteroatoms. The lowest BCUT2D eigenvalue weighted by Crippen LogP contribution is -2.30. The van der Waals surface area contributed by atoms with E-state index in [9.17, 15) is 4.79 Å². The number of Topliss-reactive ketones (excluding diaryl/α,β-unsaturated/α-hetero) is 1. The number of hydrogen-bond donors (Lipinski definition) is 0. The molecule has 0 aromatic rings. The van der Waals surface area contributed by atoms with E-state index < -0.39 is 0 Å². The molecule has 0 aromatic carbocycles. The van der Waals surface area contributed by atoms with Crippen molar-refractivity contribution in [2.24, 2.45) is 16.7 Å². The SMILES string of the molecule is C#CC[C@H](CC(C)(C)C)C(=O)C(C)(C)C. The molecule has 0 bridgehead atoms. The molecule has 0 unspecified atom stereocenters. The Balaban J connectivity index is 4.70. The van der Waals surface area contributed by atoms with Crippen LogP contribution < -0.4 is 0 Å². The van der Waals surface area contributed by atoms with Gasteiger partial charge in [-0.3, -0.25) is 4.79 Å². The summed E-state index contributed by atoms with van der Waals surface area (Å²) in [5.41, 5.74) is -0.130. The van der Waals surface area contributed by atoms with Gasteiger partial charge in [-0.1, -0.05) is 41.5 Å². The Morgan fingerprint density at radius 3 is 1.93 bits per heavy atom. The van der Waals surface area contributed by atoms with Crippen LogP contribution in [0.1, 0.15) is 54.4 Å². The highest BCUT2D eigenvalue weighted by Gasteiger charge is 2.31. The van der Waals surface area contributed by atoms with Gasteiger partial charge in [0.05, 0.1) is 0 Å². The lowest BCUT2D eigenvalue weighted by Gasteiger charge is -2.28. The Morgan fingerprint density at radius 1 is 1.20 bits per heavy atom. The lowest BCUT2D eigenvalue weighted by molar-refractivity contribution is -0.131. The summed E-state index contributed by atoms with van der Waals surface area (Å²) in [6, 6.07) is 0. The van der Waals surface area contributed by atoms with Crippen LogP contribution >= 0.6 is 0 Å². The molecule has 86 valence electrons. The summed E-state index contributed by atoms with van der Waals surface area (Å²) in [4.78, 5) is 12.1. The molecule has 0 saturated heterocycles. The monoisotopic (exact) mass is 208 g/mol. The van der Waals surface area contributed by atoms with Crippen LogP contribution in [0.5, 0.6) is 0 Å². The molecule has 0 spiro atoms. The molecule has 0 fully saturated rings. The number of terminal acetylenes is 1. The van der Waals surface area contributed by atoms with Crippen molar-refractivity contribution in [3.8, 4) is 12.3 Å². The van der Waals surface area contributed by atoms with Gasteiger partial charge in [-0.2, -0.15) is 0 Å². The maximum atomic E-state index is 12.1. The number of hydrogen-bond acceptors (Lipinski definition) is 1. The molecule has 0 aromatic heterocycles. The van der Waals surface area contributed by atoms with E-state index in [1.165, 1.54) is 0 Å². The van der Waals surface area contributed by atoms with E-state index in [1.807, 2.05) is 20.8 Å². The standard InChI is InChI=1S/C14H24O/c1-8-9-11(10-13(2,3)4)12(15)14(5,6)7/h1,11H,9-10H2,2-7H3/t11-/m1/s1. The van der Waals surface area contributed by atoms with Crippen LogP contribution in [0.3, 0.4) is 0 Å². The van der Waals surface area contributed by atoms with Crippen LogP contribution in [0.2, 0.25) is 0 Å². The van der Waals surface area contributed by atoms with Crippen molar-refractivity contribution in [2.45, 2.75) is 54.4 Å². The van der Waals surface area contributed by atoms with Crippen LogP contribution in [-0.2, 0) is 4.79 Å². The lowest BCUT2D eigenvalue weighted by atomic mass is 9.74. The van der Waals surface area contributed by atoms with Crippen molar-refractivity contribution in [2.75, 3.05) is 0 Å². The zero-order valence-electron chi connectivity index (χ0n) is 11.0. The Kier molecular flexibility index (Phi) is 4.59. The van der Waals surface area contributed by atoms with Crippen LogP contribution in [0, 0.1) is 29.1 Å². The minimum absolute atomic E-state index is 0.00926. The normalized spacial score (nSPS) is 14.5. The quantitative estimate of drug-likeness (QED) is 0.647. The first-order valence-electron chi connectivity index (χ1n) is 5.56. The zero-order chi connectivity index (χ0) is 12.3. The maximum Gasteiger partial charge on any atom is 0.142 e. The summed E-state index contributed by atoms with van der Waals surface area (Å²) >= 11 is 0. The van der Waals surface area contributed by atoms with E-state index in [2.05, 4.69) is 26.7 Å². The van der Waals surface area contributed by atoms with E-state index in [0.29, 0.717) is 6.42 Å². The van der Waals surface area contributed by atoms with Gasteiger partial charge in [0.25, 0.3) is 0 Å². The van der Waals surface area contributed by atoms with Gasteiger partial charge >= 0.3 is 0 Å². The van der Waals surface area contributed by atoms with Gasteiger partial charge in [0, 0.05) is 17.8 Å². The molecule has 0 radical (unpaired) electrons. The van der Waals surface area contributed by atoms with Crippen molar-refractivity contribution in [1.82, 2.24) is 0 Å². The highest BCUT2D eigenvalue weighted by molar-refractivity contribution is 5.86. The van der Waals surface area contributed by atoms with Crippen LogP contribution in [0.4, 0.5) is 0 Å². The third-order valence-corrected chi connectivity index (χ3v) is 2.33. The fraction of sp³-hybridized carbons (Fsp3) is 0.786. The molecule has 0 rings (SSSR count). The average molecular weight is 208 g/mol. The fourth-order valence-electron chi connectivity index (χ4n) is 1.75. The molecule has 0 aliphatic carbocycles. The topological polar surface area (TPSA) is 17.1 Å². The minimum atomic E-state index is -0.285. The second kappa shape index (κ2) is 4.84. The third-order valence-electron chi connectivity index (χ3n) is 2.33. The molecule has 0 saturated carbocycles. The Labute approximate surface area is 94.6 Å². The van der Waals surface area contributed by atoms with E-state index in [4.69, 9.17) is 6.42 Å². The van der Waals surface area contributed by atoms with Crippen LogP contribution in [0.15, 0.2) is 0 Å². The molecular formula is C14H24O. The van der Waals surface area contributed by atoms with Gasteiger partial charge in [0.15, 0.2) is 0 Å². The predicted octanol–water partition coefficient (Wildman–Crippen LogP) is 3.68. The summed E-state index contributed by atoms with van der Waals surface area (Å²) in [7, 11) is 0. The first kappa shape index (κ1) is 14.2. The second-order valence-corrected chi connectivity index (χ2v) is 6.48. The van der Waals surface area contributed by atoms with E-state index >= 15 is 0 Å². The van der Waals surface area contributed by atoms with Crippen LogP contribution in [-0.4, -0.2) is 5.78 Å². The average Bonchev–Trinajstić information content (AvgIpc) is 1.98. The first-order chi connectivity index (χ1) is 6.58. The molecule has 1 nitrogen and oxygen atoms in total. The molecule has 0 N–H and O–H groups in total. The number of ketones is 1. The minimum Gasteiger partial charge on any atom is -0.299 e. The molecule has 0 heterocycles. The van der Waals surface area contributed by atoms with Crippen molar-refractivity contribution < 1.29 is 4.79 Å². The Morgan fingerprint density at radius 2 is 1.67 bits per heavy atom. The van der Waals surface area contributed by atoms with E-state index in [-0.39, 0.29) is 22.5 Å². The molecular weight excluding hydrogens is 184 g/mol. The maximum absolute atomic E-state index is 12.1. The largest absolute Gasteiger partial charge is 0.299 e. The number of carbonyl (C=O) groups excluding carboxylic acids is 1. The molecule has 15 heavy (non-hydrogen) atoms. The summed E-state index contributed by atoms with van der Waals surface area (Å²) in [5, 5.41) is 0. The van der Waals surface area contributed by atoms with Gasteiger partial charge < -0.3 is 0 Å². The number of rotatable bonds is 3. The van der Waals surface area contributed by atoms with Crippen LogP contribution in [0.25, 0.3) is 0 Å². The molecule has 0 aliphatic heterocycles. The highest BCUT2D eigenvalue weighted by atomic mass is 16.1. The molecule has 1 atom stereocenters. The van der Waals surface area contributed by atoms with Gasteiger partial charge in [0.1, 0.15) is 5.78 Å². The summed E-state index contributed by atoms with van der Waals surface area (Å²) in [5.74, 6) is 2.92. The third kappa shape index (κ3) is 5.62. The van der Waals surface area contributed by atoms with Crippen molar-refractivity contribution in [1.29, 1.82) is 0 Å². The van der Waals surface area contributed by atoms with Gasteiger partial charge in [-0.25, -0.2) is 0 Å².